The molecule has 5 nitrogen and oxygen atoms in total. The lowest BCUT2D eigenvalue weighted by Crippen LogP contribution is -2.38. The van der Waals surface area contributed by atoms with E-state index in [2.05, 4.69) is 17.1 Å². The molecule has 0 atom stereocenters. The third-order valence-electron chi connectivity index (χ3n) is 3.77. The summed E-state index contributed by atoms with van der Waals surface area (Å²) in [6, 6.07) is 4.14. The molecule has 3 rings (SSSR count). The normalized spacial score (nSPS) is 15.5. The molecule has 118 valence electrons. The second-order valence-electron chi connectivity index (χ2n) is 6.79. The first-order valence-electron chi connectivity index (χ1n) is 7.69. The molecule has 1 aliphatic rings. The Hall–Kier alpha value is -2.04. The highest BCUT2D eigenvalue weighted by Crippen LogP contribution is 2.24. The van der Waals surface area contributed by atoms with Gasteiger partial charge in [-0.15, -0.1) is 0 Å². The molecule has 5 heteroatoms. The summed E-state index contributed by atoms with van der Waals surface area (Å²) in [7, 11) is 0. The highest BCUT2D eigenvalue weighted by Gasteiger charge is 2.24. The first kappa shape index (κ1) is 14.9. The summed E-state index contributed by atoms with van der Waals surface area (Å²) in [6.45, 7) is 8.86. The molecular formula is C17H22N2O3. The lowest BCUT2D eigenvalue weighted by Gasteiger charge is -2.26. The van der Waals surface area contributed by atoms with Crippen molar-refractivity contribution in [1.29, 1.82) is 0 Å². The van der Waals surface area contributed by atoms with E-state index in [1.54, 1.807) is 4.90 Å². The minimum Gasteiger partial charge on any atom is -0.444 e. The van der Waals surface area contributed by atoms with Crippen molar-refractivity contribution in [3.63, 3.8) is 0 Å². The van der Waals surface area contributed by atoms with Gasteiger partial charge in [0.25, 0.3) is 0 Å². The Kier molecular flexibility index (Phi) is 3.59. The molecular weight excluding hydrogens is 280 g/mol. The smallest absolute Gasteiger partial charge is 0.410 e. The summed E-state index contributed by atoms with van der Waals surface area (Å²) in [5.74, 6) is 0.686. The Balaban J connectivity index is 1.79. The van der Waals surface area contributed by atoms with Crippen LogP contribution in [0.2, 0.25) is 0 Å². The van der Waals surface area contributed by atoms with E-state index in [0.29, 0.717) is 19.0 Å². The van der Waals surface area contributed by atoms with E-state index < -0.39 is 5.60 Å². The van der Waals surface area contributed by atoms with Gasteiger partial charge in [0.1, 0.15) is 11.1 Å². The van der Waals surface area contributed by atoms with Crippen LogP contribution in [-0.2, 0) is 17.6 Å². The standard InChI is InChI=1S/C17H22N2O3/c1-11-18-14-9-12-5-7-19(16(20)22-17(2,3)4)8-6-13(12)10-15(14)21-11/h9-10H,5-8H2,1-4H3. The maximum atomic E-state index is 12.2. The summed E-state index contributed by atoms with van der Waals surface area (Å²) in [5.41, 5.74) is 3.72. The molecule has 2 heterocycles. The van der Waals surface area contributed by atoms with Gasteiger partial charge in [0.05, 0.1) is 0 Å². The number of nitrogens with zero attached hydrogens (tertiary/aromatic N) is 2. The lowest BCUT2D eigenvalue weighted by atomic mass is 10.0. The van der Waals surface area contributed by atoms with E-state index in [1.165, 1.54) is 11.1 Å². The monoisotopic (exact) mass is 302 g/mol. The van der Waals surface area contributed by atoms with Crippen LogP contribution in [0.25, 0.3) is 11.1 Å². The van der Waals surface area contributed by atoms with Gasteiger partial charge < -0.3 is 14.1 Å². The number of benzene rings is 1. The molecule has 0 radical (unpaired) electrons. The maximum absolute atomic E-state index is 12.2. The Morgan fingerprint density at radius 1 is 1.23 bits per heavy atom. The Bertz CT molecular complexity index is 667. The van der Waals surface area contributed by atoms with Gasteiger partial charge in [-0.05, 0) is 56.9 Å². The van der Waals surface area contributed by atoms with Crippen molar-refractivity contribution in [3.05, 3.63) is 29.2 Å². The minimum absolute atomic E-state index is 0.238. The largest absolute Gasteiger partial charge is 0.444 e. The number of carbonyl (C=O) groups excluding carboxylic acids is 1. The SMILES string of the molecule is Cc1nc2cc3c(cc2o1)CCN(C(=O)OC(C)(C)C)CC3. The van der Waals surface area contributed by atoms with Gasteiger partial charge in [-0.2, -0.15) is 0 Å². The number of rotatable bonds is 0. The van der Waals surface area contributed by atoms with E-state index in [9.17, 15) is 4.79 Å². The number of amides is 1. The van der Waals surface area contributed by atoms with Crippen molar-refractivity contribution < 1.29 is 13.9 Å². The molecule has 0 N–H and O–H groups in total. The number of oxazole rings is 1. The van der Waals surface area contributed by atoms with Gasteiger partial charge in [0.2, 0.25) is 0 Å². The molecule has 0 unspecified atom stereocenters. The Labute approximate surface area is 130 Å². The third kappa shape index (κ3) is 3.08. The molecule has 0 spiro atoms. The van der Waals surface area contributed by atoms with Crippen molar-refractivity contribution in [2.45, 2.75) is 46.1 Å². The topological polar surface area (TPSA) is 55.6 Å². The zero-order chi connectivity index (χ0) is 15.9. The zero-order valence-electron chi connectivity index (χ0n) is 13.6. The Morgan fingerprint density at radius 2 is 1.86 bits per heavy atom. The van der Waals surface area contributed by atoms with Gasteiger partial charge in [-0.1, -0.05) is 0 Å². The van der Waals surface area contributed by atoms with Crippen molar-refractivity contribution in [3.8, 4) is 0 Å². The van der Waals surface area contributed by atoms with Crippen LogP contribution in [0.1, 0.15) is 37.8 Å². The average Bonchev–Trinajstić information content (AvgIpc) is 2.62. The number of hydrogen-bond donors (Lipinski definition) is 0. The third-order valence-corrected chi connectivity index (χ3v) is 3.77. The van der Waals surface area contributed by atoms with Gasteiger partial charge in [0.15, 0.2) is 11.5 Å². The van der Waals surface area contributed by atoms with Crippen LogP contribution >= 0.6 is 0 Å². The highest BCUT2D eigenvalue weighted by atomic mass is 16.6. The van der Waals surface area contributed by atoms with Gasteiger partial charge in [-0.25, -0.2) is 9.78 Å². The first-order valence-corrected chi connectivity index (χ1v) is 7.69. The summed E-state index contributed by atoms with van der Waals surface area (Å²) < 4.78 is 11.1. The lowest BCUT2D eigenvalue weighted by molar-refractivity contribution is 0.0258. The quantitative estimate of drug-likeness (QED) is 0.747. The molecule has 22 heavy (non-hydrogen) atoms. The number of fused-ring (bicyclic) bond motifs is 2. The van der Waals surface area contributed by atoms with Gasteiger partial charge >= 0.3 is 6.09 Å². The van der Waals surface area contributed by atoms with E-state index >= 15 is 0 Å². The van der Waals surface area contributed by atoms with Crippen LogP contribution in [-0.4, -0.2) is 34.7 Å². The van der Waals surface area contributed by atoms with Crippen LogP contribution in [0.3, 0.4) is 0 Å². The van der Waals surface area contributed by atoms with Crippen molar-refractivity contribution >= 4 is 17.2 Å². The van der Waals surface area contributed by atoms with Crippen LogP contribution in [0.4, 0.5) is 4.79 Å². The fourth-order valence-electron chi connectivity index (χ4n) is 2.77. The fraction of sp³-hybridized carbons (Fsp3) is 0.529. The molecule has 1 aromatic heterocycles. The second-order valence-corrected chi connectivity index (χ2v) is 6.79. The van der Waals surface area contributed by atoms with Crippen LogP contribution in [0.5, 0.6) is 0 Å². The minimum atomic E-state index is -0.461. The maximum Gasteiger partial charge on any atom is 0.410 e. The zero-order valence-corrected chi connectivity index (χ0v) is 13.6. The fourth-order valence-corrected chi connectivity index (χ4v) is 2.77. The predicted molar refractivity (Wildman–Crippen MR) is 84.0 cm³/mol. The van der Waals surface area contributed by atoms with Gasteiger partial charge in [-0.3, -0.25) is 0 Å². The van der Waals surface area contributed by atoms with E-state index in [0.717, 1.165) is 23.9 Å². The number of aromatic nitrogens is 1. The second kappa shape index (κ2) is 5.30. The van der Waals surface area contributed by atoms with Crippen LogP contribution < -0.4 is 0 Å². The molecule has 0 saturated carbocycles. The first-order chi connectivity index (χ1) is 10.3. The Morgan fingerprint density at radius 3 is 2.50 bits per heavy atom. The highest BCUT2D eigenvalue weighted by molar-refractivity contribution is 5.75. The number of aryl methyl sites for hydroxylation is 1. The van der Waals surface area contributed by atoms with E-state index in [1.807, 2.05) is 27.7 Å². The average molecular weight is 302 g/mol. The number of hydrogen-bond acceptors (Lipinski definition) is 4. The van der Waals surface area contributed by atoms with E-state index in [4.69, 9.17) is 9.15 Å². The molecule has 1 aromatic carbocycles. The molecule has 0 saturated heterocycles. The molecule has 0 fully saturated rings. The van der Waals surface area contributed by atoms with Crippen molar-refractivity contribution in [2.24, 2.45) is 0 Å². The van der Waals surface area contributed by atoms with E-state index in [-0.39, 0.29) is 6.09 Å². The summed E-state index contributed by atoms with van der Waals surface area (Å²) >= 11 is 0. The summed E-state index contributed by atoms with van der Waals surface area (Å²) in [5, 5.41) is 0. The van der Waals surface area contributed by atoms with Crippen molar-refractivity contribution in [2.75, 3.05) is 13.1 Å². The summed E-state index contributed by atoms with van der Waals surface area (Å²) in [6.07, 6.45) is 1.39. The molecule has 2 aromatic rings. The number of ether oxygens (including phenoxy) is 1. The number of carbonyl (C=O) groups is 1. The molecule has 1 aliphatic heterocycles. The molecule has 1 amide bonds. The summed E-state index contributed by atoms with van der Waals surface area (Å²) in [4.78, 5) is 18.4. The van der Waals surface area contributed by atoms with Crippen LogP contribution in [0, 0.1) is 6.92 Å². The van der Waals surface area contributed by atoms with Crippen molar-refractivity contribution in [1.82, 2.24) is 9.88 Å². The van der Waals surface area contributed by atoms with Gasteiger partial charge in [0, 0.05) is 20.0 Å². The molecule has 0 aliphatic carbocycles. The predicted octanol–water partition coefficient (Wildman–Crippen LogP) is 3.47. The van der Waals surface area contributed by atoms with Crippen LogP contribution in [0.15, 0.2) is 16.5 Å². The molecule has 0 bridgehead atoms.